The highest BCUT2D eigenvalue weighted by Crippen LogP contribution is 2.33. The molecule has 0 aromatic carbocycles. The first-order valence-corrected chi connectivity index (χ1v) is 5.56. The van der Waals surface area contributed by atoms with Crippen molar-refractivity contribution in [1.29, 1.82) is 0 Å². The number of carbonyl (C=O) groups is 1. The second kappa shape index (κ2) is 5.84. The van der Waals surface area contributed by atoms with E-state index in [-0.39, 0.29) is 0 Å². The van der Waals surface area contributed by atoms with Gasteiger partial charge in [-0.25, -0.2) is 13.6 Å². The maximum atomic E-state index is 12.6. The van der Waals surface area contributed by atoms with Crippen LogP contribution in [0.2, 0.25) is 0 Å². The molecule has 0 spiro atoms. The molecule has 0 aliphatic heterocycles. The molecule has 0 unspecified atom stereocenters. The van der Waals surface area contributed by atoms with Gasteiger partial charge in [0.25, 0.3) is 6.43 Å². The Hall–Kier alpha value is -1.20. The van der Waals surface area contributed by atoms with Crippen LogP contribution in [-0.4, -0.2) is 24.4 Å². The molecule has 19 heavy (non-hydrogen) atoms. The molecule has 1 aromatic heterocycles. The summed E-state index contributed by atoms with van der Waals surface area (Å²) in [6.07, 6.45) is -7.69. The molecule has 1 rings (SSSR count). The van der Waals surface area contributed by atoms with Crippen molar-refractivity contribution in [2.45, 2.75) is 12.8 Å². The molecule has 0 bridgehead atoms. The van der Waals surface area contributed by atoms with Gasteiger partial charge in [0.15, 0.2) is 5.75 Å². The Kier molecular flexibility index (Phi) is 4.87. The number of nitrogens with zero attached hydrogens (tertiary/aromatic N) is 1. The topological polar surface area (TPSA) is 48.4 Å². The van der Waals surface area contributed by atoms with E-state index in [9.17, 15) is 26.7 Å². The van der Waals surface area contributed by atoms with E-state index in [1.54, 1.807) is 0 Å². The number of methoxy groups -OCH3 is 1. The number of aromatic nitrogens is 1. The van der Waals surface area contributed by atoms with E-state index in [4.69, 9.17) is 0 Å². The lowest BCUT2D eigenvalue weighted by molar-refractivity contribution is -0.275. The summed E-state index contributed by atoms with van der Waals surface area (Å²) in [5.74, 6) is -2.07. The van der Waals surface area contributed by atoms with Crippen molar-refractivity contribution in [3.05, 3.63) is 21.0 Å². The van der Waals surface area contributed by atoms with Gasteiger partial charge in [0.2, 0.25) is 0 Å². The third kappa shape index (κ3) is 3.88. The van der Waals surface area contributed by atoms with E-state index < -0.39 is 39.3 Å². The molecule has 0 atom stereocenters. The number of esters is 1. The zero-order valence-electron chi connectivity index (χ0n) is 9.09. The van der Waals surface area contributed by atoms with E-state index in [0.29, 0.717) is 6.20 Å². The molecular formula is C9H5F5INO3. The standard InChI is InChI=1S/C9H5F5INO3/c1-18-8(17)4-5(15)3(19-9(12,13)14)2-16-6(4)7(10)11/h2,7H,1H3. The molecule has 0 aliphatic rings. The zero-order chi connectivity index (χ0) is 14.8. The minimum atomic E-state index is -5.03. The van der Waals surface area contributed by atoms with Crippen molar-refractivity contribution >= 4 is 28.6 Å². The maximum absolute atomic E-state index is 12.6. The molecule has 0 aliphatic carbocycles. The summed E-state index contributed by atoms with van der Waals surface area (Å²) in [5.41, 5.74) is -1.72. The normalized spacial score (nSPS) is 11.6. The van der Waals surface area contributed by atoms with Crippen LogP contribution in [0.4, 0.5) is 22.0 Å². The van der Waals surface area contributed by atoms with Crippen molar-refractivity contribution < 1.29 is 36.2 Å². The van der Waals surface area contributed by atoms with E-state index in [0.717, 1.165) is 7.11 Å². The summed E-state index contributed by atoms with van der Waals surface area (Å²) in [6.45, 7) is 0. The van der Waals surface area contributed by atoms with Gasteiger partial charge in [-0.3, -0.25) is 4.98 Å². The summed E-state index contributed by atoms with van der Waals surface area (Å²) < 4.78 is 68.9. The number of hydrogen-bond donors (Lipinski definition) is 0. The maximum Gasteiger partial charge on any atom is 0.573 e. The Balaban J connectivity index is 3.37. The first-order valence-electron chi connectivity index (χ1n) is 4.48. The van der Waals surface area contributed by atoms with Crippen LogP contribution in [0.15, 0.2) is 6.20 Å². The molecule has 10 heteroatoms. The van der Waals surface area contributed by atoms with Gasteiger partial charge in [0.1, 0.15) is 11.3 Å². The fourth-order valence-corrected chi connectivity index (χ4v) is 1.89. The largest absolute Gasteiger partial charge is 0.573 e. The number of alkyl halides is 5. The Morgan fingerprint density at radius 1 is 1.42 bits per heavy atom. The minimum Gasteiger partial charge on any atom is -0.465 e. The van der Waals surface area contributed by atoms with E-state index in [1.807, 2.05) is 0 Å². The Labute approximate surface area is 117 Å². The first-order chi connectivity index (χ1) is 8.67. The molecule has 0 N–H and O–H groups in total. The Bertz CT molecular complexity index is 491. The Morgan fingerprint density at radius 3 is 2.42 bits per heavy atom. The number of carbonyl (C=O) groups excluding carboxylic acids is 1. The van der Waals surface area contributed by atoms with Crippen molar-refractivity contribution in [3.8, 4) is 5.75 Å². The van der Waals surface area contributed by atoms with Gasteiger partial charge in [-0.05, 0) is 22.6 Å². The fourth-order valence-electron chi connectivity index (χ4n) is 1.14. The highest BCUT2D eigenvalue weighted by Gasteiger charge is 2.34. The lowest BCUT2D eigenvalue weighted by Gasteiger charge is -2.14. The van der Waals surface area contributed by atoms with E-state index >= 15 is 0 Å². The van der Waals surface area contributed by atoms with Gasteiger partial charge in [0, 0.05) is 0 Å². The van der Waals surface area contributed by atoms with Gasteiger partial charge < -0.3 is 9.47 Å². The van der Waals surface area contributed by atoms with Crippen molar-refractivity contribution in [2.75, 3.05) is 7.11 Å². The smallest absolute Gasteiger partial charge is 0.465 e. The highest BCUT2D eigenvalue weighted by atomic mass is 127. The van der Waals surface area contributed by atoms with Crippen LogP contribution in [-0.2, 0) is 4.74 Å². The Morgan fingerprint density at radius 2 is 2.00 bits per heavy atom. The molecule has 0 fully saturated rings. The fraction of sp³-hybridized carbons (Fsp3) is 0.333. The summed E-state index contributed by atoms with van der Waals surface area (Å²) in [5, 5.41) is 0. The van der Waals surface area contributed by atoms with Gasteiger partial charge in [-0.15, -0.1) is 13.2 Å². The lowest BCUT2D eigenvalue weighted by Crippen LogP contribution is -2.20. The number of pyridine rings is 1. The molecule has 106 valence electrons. The third-order valence-electron chi connectivity index (χ3n) is 1.83. The molecule has 1 aromatic rings. The second-order valence-corrected chi connectivity index (χ2v) is 4.12. The van der Waals surface area contributed by atoms with Crippen LogP contribution in [0, 0.1) is 3.57 Å². The van der Waals surface area contributed by atoms with Crippen LogP contribution in [0.5, 0.6) is 5.75 Å². The number of halogens is 6. The predicted molar refractivity (Wildman–Crippen MR) is 59.9 cm³/mol. The van der Waals surface area contributed by atoms with Crippen LogP contribution in [0.25, 0.3) is 0 Å². The third-order valence-corrected chi connectivity index (χ3v) is 2.91. The molecule has 0 radical (unpaired) electrons. The zero-order valence-corrected chi connectivity index (χ0v) is 11.3. The molecule has 0 amide bonds. The quantitative estimate of drug-likeness (QED) is 0.446. The van der Waals surface area contributed by atoms with Gasteiger partial charge >= 0.3 is 12.3 Å². The molecule has 0 saturated carbocycles. The number of ether oxygens (including phenoxy) is 2. The predicted octanol–water partition coefficient (Wildman–Crippen LogP) is 3.31. The van der Waals surface area contributed by atoms with Crippen molar-refractivity contribution in [2.24, 2.45) is 0 Å². The lowest BCUT2D eigenvalue weighted by atomic mass is 10.2. The van der Waals surface area contributed by atoms with Crippen LogP contribution < -0.4 is 4.74 Å². The van der Waals surface area contributed by atoms with Crippen molar-refractivity contribution in [1.82, 2.24) is 4.98 Å². The van der Waals surface area contributed by atoms with Crippen LogP contribution in [0.3, 0.4) is 0 Å². The minimum absolute atomic E-state index is 0.452. The molecule has 4 nitrogen and oxygen atoms in total. The average Bonchev–Trinajstić information content (AvgIpc) is 2.28. The highest BCUT2D eigenvalue weighted by molar-refractivity contribution is 14.1. The van der Waals surface area contributed by atoms with E-state index in [2.05, 4.69) is 14.5 Å². The summed E-state index contributed by atoms with van der Waals surface area (Å²) in [6, 6.07) is 0. The van der Waals surface area contributed by atoms with E-state index in [1.165, 1.54) is 22.6 Å². The van der Waals surface area contributed by atoms with Gasteiger partial charge in [-0.1, -0.05) is 0 Å². The second-order valence-electron chi connectivity index (χ2n) is 3.04. The monoisotopic (exact) mass is 397 g/mol. The molecule has 1 heterocycles. The first kappa shape index (κ1) is 15.9. The summed E-state index contributed by atoms with van der Waals surface area (Å²) in [4.78, 5) is 14.5. The SMILES string of the molecule is COC(=O)c1c(C(F)F)ncc(OC(F)(F)F)c1I. The number of rotatable bonds is 3. The molecule has 0 saturated heterocycles. The summed E-state index contributed by atoms with van der Waals surface area (Å²) >= 11 is 1.28. The molecular weight excluding hydrogens is 392 g/mol. The number of hydrogen-bond acceptors (Lipinski definition) is 4. The average molecular weight is 397 g/mol. The van der Waals surface area contributed by atoms with Gasteiger partial charge in [-0.2, -0.15) is 0 Å². The summed E-state index contributed by atoms with van der Waals surface area (Å²) in [7, 11) is 0.908. The van der Waals surface area contributed by atoms with Crippen LogP contribution >= 0.6 is 22.6 Å². The van der Waals surface area contributed by atoms with Gasteiger partial charge in [0.05, 0.1) is 16.9 Å². The van der Waals surface area contributed by atoms with Crippen molar-refractivity contribution in [3.63, 3.8) is 0 Å². The van der Waals surface area contributed by atoms with Crippen LogP contribution in [0.1, 0.15) is 22.5 Å².